The second kappa shape index (κ2) is 15.5. The van der Waals surface area contributed by atoms with Crippen LogP contribution in [0.25, 0.3) is 27.7 Å². The molecule has 0 bridgehead atoms. The number of carbonyl (C=O) groups excluding carboxylic acids is 2. The van der Waals surface area contributed by atoms with Crippen molar-refractivity contribution >= 4 is 34.2 Å². The number of ether oxygens (including phenoxy) is 1. The number of aromatic nitrogens is 5. The van der Waals surface area contributed by atoms with Crippen LogP contribution in [-0.2, 0) is 35.6 Å². The molecule has 53 heavy (non-hydrogen) atoms. The Kier molecular flexibility index (Phi) is 11.2. The third-order valence-electron chi connectivity index (χ3n) is 9.14. The molecule has 5 rings (SSSR count). The number of amides is 1. The molecular formula is C39H45FN7O6+. The molecular weight excluding hydrogens is 681 g/mol. The van der Waals surface area contributed by atoms with Crippen molar-refractivity contribution in [2.75, 3.05) is 18.4 Å². The number of nitrogens with zero attached hydrogens (tertiary/aromatic N) is 6. The van der Waals surface area contributed by atoms with Gasteiger partial charge in [-0.05, 0) is 67.6 Å². The summed E-state index contributed by atoms with van der Waals surface area (Å²) in [7, 11) is 3.26. The predicted molar refractivity (Wildman–Crippen MR) is 199 cm³/mol. The number of nitrogens with one attached hydrogen (secondary N) is 1. The summed E-state index contributed by atoms with van der Waals surface area (Å²) in [6.07, 6.45) is 2.77. The first kappa shape index (κ1) is 38.5. The highest BCUT2D eigenvalue weighted by molar-refractivity contribution is 5.94. The summed E-state index contributed by atoms with van der Waals surface area (Å²) in [5, 5.41) is 17.4. The van der Waals surface area contributed by atoms with Gasteiger partial charge in [0.25, 0.3) is 11.5 Å². The fourth-order valence-electron chi connectivity index (χ4n) is 5.94. The Morgan fingerprint density at radius 1 is 1.09 bits per heavy atom. The molecule has 5 aromatic rings. The van der Waals surface area contributed by atoms with E-state index in [4.69, 9.17) is 4.74 Å². The molecule has 1 unspecified atom stereocenters. The second-order valence-electron chi connectivity index (χ2n) is 14.0. The molecule has 0 aliphatic rings. The van der Waals surface area contributed by atoms with Crippen LogP contribution in [-0.4, -0.2) is 60.5 Å². The Morgan fingerprint density at radius 2 is 1.83 bits per heavy atom. The van der Waals surface area contributed by atoms with E-state index in [1.165, 1.54) is 30.1 Å². The highest BCUT2D eigenvalue weighted by Crippen LogP contribution is 2.30. The average Bonchev–Trinajstić information content (AvgIpc) is 3.10. The summed E-state index contributed by atoms with van der Waals surface area (Å²) in [6.45, 7) is 11.3. The van der Waals surface area contributed by atoms with Gasteiger partial charge in [-0.15, -0.1) is 9.36 Å². The molecule has 3 heterocycles. The van der Waals surface area contributed by atoms with Gasteiger partial charge in [-0.3, -0.25) is 19.2 Å². The van der Waals surface area contributed by atoms with Crippen molar-refractivity contribution in [1.82, 2.24) is 24.3 Å². The van der Waals surface area contributed by atoms with Crippen molar-refractivity contribution in [3.8, 4) is 16.9 Å². The van der Waals surface area contributed by atoms with E-state index >= 15 is 4.39 Å². The normalized spacial score (nSPS) is 12.1. The molecule has 0 aliphatic heterocycles. The SMILES string of the molecule is CCN(CCC(C)O)C(=O)c1ccc(Nc2cc(-c3cccc(-n4ncc5cc(C(C)(C)C)cc(F)c5c4=O)c3COC(C)=O)[n+](C)n(C)c2=O)nc1. The molecule has 278 valence electrons. The molecule has 0 spiro atoms. The maximum Gasteiger partial charge on any atom is 0.324 e. The second-order valence-corrected chi connectivity index (χ2v) is 14.0. The average molecular weight is 727 g/mol. The number of esters is 1. The van der Waals surface area contributed by atoms with Crippen LogP contribution >= 0.6 is 0 Å². The van der Waals surface area contributed by atoms with Crippen molar-refractivity contribution in [3.05, 3.63) is 104 Å². The van der Waals surface area contributed by atoms with Gasteiger partial charge in [0.05, 0.1) is 41.5 Å². The monoisotopic (exact) mass is 726 g/mol. The third-order valence-corrected chi connectivity index (χ3v) is 9.14. The Labute approximate surface area is 306 Å². The van der Waals surface area contributed by atoms with Crippen LogP contribution in [0.1, 0.15) is 69.4 Å². The molecule has 0 fully saturated rings. The highest BCUT2D eigenvalue weighted by Gasteiger charge is 2.26. The lowest BCUT2D eigenvalue weighted by molar-refractivity contribution is -0.746. The molecule has 0 aliphatic carbocycles. The third kappa shape index (κ3) is 8.17. The first-order chi connectivity index (χ1) is 25.0. The lowest BCUT2D eigenvalue weighted by Gasteiger charge is -2.21. The van der Waals surface area contributed by atoms with Crippen molar-refractivity contribution in [3.63, 3.8) is 0 Å². The molecule has 0 saturated carbocycles. The van der Waals surface area contributed by atoms with Gasteiger partial charge < -0.3 is 20.1 Å². The van der Waals surface area contributed by atoms with Crippen LogP contribution in [0.3, 0.4) is 0 Å². The number of hydrogen-bond acceptors (Lipinski definition) is 9. The largest absolute Gasteiger partial charge is 0.461 e. The minimum absolute atomic E-state index is 0.127. The lowest BCUT2D eigenvalue weighted by Crippen LogP contribution is -2.49. The Hall–Kier alpha value is -5.76. The molecule has 3 aromatic heterocycles. The van der Waals surface area contributed by atoms with E-state index in [0.717, 1.165) is 10.2 Å². The van der Waals surface area contributed by atoms with Crippen molar-refractivity contribution in [2.24, 2.45) is 14.1 Å². The number of anilines is 2. The van der Waals surface area contributed by atoms with E-state index in [-0.39, 0.29) is 40.2 Å². The standard InChI is InChI=1S/C39H44FN7O6/c1-9-46(16-15-23(2)48)36(50)25-13-14-34(41-20-25)43-31-19-33(44(7)45(8)37(31)51)28-11-10-12-32(29(28)22-53-24(3)49)47-38(52)35-26(21-42-47)17-27(18-30(35)40)39(4,5)6/h10-14,17-21,23,48H,9,15-16,22H2,1-8H3/p+1. The van der Waals surface area contributed by atoms with E-state index in [0.29, 0.717) is 53.1 Å². The predicted octanol–water partition coefficient (Wildman–Crippen LogP) is 4.45. The summed E-state index contributed by atoms with van der Waals surface area (Å²) >= 11 is 0. The van der Waals surface area contributed by atoms with Crippen LogP contribution < -0.4 is 21.1 Å². The summed E-state index contributed by atoms with van der Waals surface area (Å²) in [6, 6.07) is 13.0. The zero-order valence-electron chi connectivity index (χ0n) is 31.2. The minimum Gasteiger partial charge on any atom is -0.461 e. The van der Waals surface area contributed by atoms with E-state index in [9.17, 15) is 24.3 Å². The number of aliphatic hydroxyl groups is 1. The van der Waals surface area contributed by atoms with Crippen molar-refractivity contribution in [1.29, 1.82) is 0 Å². The van der Waals surface area contributed by atoms with Gasteiger partial charge in [0.2, 0.25) is 5.69 Å². The molecule has 13 nitrogen and oxygen atoms in total. The van der Waals surface area contributed by atoms with Crippen LogP contribution in [0.4, 0.5) is 15.9 Å². The van der Waals surface area contributed by atoms with Crippen molar-refractivity contribution in [2.45, 2.75) is 66.1 Å². The maximum atomic E-state index is 15.6. The molecule has 14 heteroatoms. The molecule has 2 N–H and O–H groups in total. The first-order valence-electron chi connectivity index (χ1n) is 17.3. The van der Waals surface area contributed by atoms with Gasteiger partial charge in [-0.2, -0.15) is 9.78 Å². The zero-order valence-corrected chi connectivity index (χ0v) is 31.2. The van der Waals surface area contributed by atoms with Crippen molar-refractivity contribution < 1.29 is 28.5 Å². The number of fused-ring (bicyclic) bond motifs is 1. The number of pyridine rings is 1. The molecule has 0 saturated heterocycles. The van der Waals surface area contributed by atoms with E-state index in [2.05, 4.69) is 15.4 Å². The van der Waals surface area contributed by atoms with Gasteiger partial charge >= 0.3 is 11.5 Å². The van der Waals surface area contributed by atoms with Crippen LogP contribution in [0.5, 0.6) is 0 Å². The number of hydrogen-bond donors (Lipinski definition) is 2. The minimum atomic E-state index is -0.688. The molecule has 1 amide bonds. The first-order valence-corrected chi connectivity index (χ1v) is 17.3. The van der Waals surface area contributed by atoms with Gasteiger partial charge in [0, 0.05) is 43.2 Å². The van der Waals surface area contributed by atoms with Gasteiger partial charge in [-0.1, -0.05) is 26.8 Å². The molecule has 0 radical (unpaired) electrons. The Morgan fingerprint density at radius 3 is 2.45 bits per heavy atom. The number of benzene rings is 2. The van der Waals surface area contributed by atoms with Gasteiger partial charge in [-0.25, -0.2) is 9.37 Å². The summed E-state index contributed by atoms with van der Waals surface area (Å²) in [4.78, 5) is 58.5. The summed E-state index contributed by atoms with van der Waals surface area (Å²) < 4.78 is 25.1. The fourth-order valence-corrected chi connectivity index (χ4v) is 5.94. The number of rotatable bonds is 11. The summed E-state index contributed by atoms with van der Waals surface area (Å²) in [5.74, 6) is -1.15. The number of carbonyl (C=O) groups is 2. The zero-order chi connectivity index (χ0) is 38.8. The van der Waals surface area contributed by atoms with Crippen LogP contribution in [0, 0.1) is 5.82 Å². The lowest BCUT2D eigenvalue weighted by atomic mass is 9.86. The van der Waals surface area contributed by atoms with Gasteiger partial charge in [0.15, 0.2) is 7.05 Å². The van der Waals surface area contributed by atoms with Gasteiger partial charge in [0.1, 0.15) is 23.9 Å². The topological polar surface area (TPSA) is 153 Å². The quantitative estimate of drug-likeness (QED) is 0.149. The van der Waals surface area contributed by atoms with E-state index < -0.39 is 23.4 Å². The molecule has 2 aromatic carbocycles. The van der Waals surface area contributed by atoms with Crippen LogP contribution in [0.15, 0.2) is 70.5 Å². The Balaban J connectivity index is 1.58. The summed E-state index contributed by atoms with van der Waals surface area (Å²) in [5.41, 5.74) is 1.45. The Bertz CT molecular complexity index is 2310. The highest BCUT2D eigenvalue weighted by atomic mass is 19.1. The van der Waals surface area contributed by atoms with E-state index in [1.807, 2.05) is 27.7 Å². The maximum absolute atomic E-state index is 15.6. The smallest absolute Gasteiger partial charge is 0.324 e. The van der Waals surface area contributed by atoms with E-state index in [1.54, 1.807) is 73.1 Å². The number of halogens is 1. The van der Waals surface area contributed by atoms with Crippen LogP contribution in [0.2, 0.25) is 0 Å². The number of aliphatic hydroxyl groups excluding tert-OH is 1. The fraction of sp³-hybridized carbons (Fsp3) is 0.359. The molecule has 1 atom stereocenters.